The Balaban J connectivity index is 1.97. The maximum atomic E-state index is 11.8. The Bertz CT molecular complexity index is 637. The van der Waals surface area contributed by atoms with Crippen molar-refractivity contribution in [2.24, 2.45) is 0 Å². The van der Waals surface area contributed by atoms with E-state index < -0.39 is 0 Å². The molecule has 0 N–H and O–H groups in total. The molecule has 0 saturated heterocycles. The third-order valence-electron chi connectivity index (χ3n) is 3.09. The molecule has 0 bridgehead atoms. The first kappa shape index (κ1) is 14.8. The molecule has 0 atom stereocenters. The van der Waals surface area contributed by atoms with Crippen LogP contribution in [0.1, 0.15) is 11.1 Å². The highest BCUT2D eigenvalue weighted by atomic mass is 16.1. The molecule has 0 aliphatic rings. The first-order valence-electron chi connectivity index (χ1n) is 6.88. The number of nitrogens with zero attached hydrogens (tertiary/aromatic N) is 1. The largest absolute Gasteiger partial charge is 0.378 e. The minimum atomic E-state index is -0.0180. The van der Waals surface area contributed by atoms with Gasteiger partial charge in [0.05, 0.1) is 0 Å². The molecule has 0 aliphatic carbocycles. The van der Waals surface area contributed by atoms with Gasteiger partial charge in [-0.05, 0) is 35.4 Å². The molecule has 21 heavy (non-hydrogen) atoms. The maximum absolute atomic E-state index is 11.8. The number of hydrogen-bond donors (Lipinski definition) is 0. The molecule has 0 radical (unpaired) electrons. The molecule has 2 aromatic carbocycles. The molecule has 0 unspecified atom stereocenters. The van der Waals surface area contributed by atoms with Crippen molar-refractivity contribution in [3.05, 3.63) is 77.9 Å². The fourth-order valence-corrected chi connectivity index (χ4v) is 1.86. The summed E-state index contributed by atoms with van der Waals surface area (Å²) in [7, 11) is 4.01. The van der Waals surface area contributed by atoms with Crippen molar-refractivity contribution in [1.82, 2.24) is 0 Å². The Morgan fingerprint density at radius 3 is 1.86 bits per heavy atom. The quantitative estimate of drug-likeness (QED) is 0.768. The summed E-state index contributed by atoms with van der Waals surface area (Å²) in [6.45, 7) is 0. The average Bonchev–Trinajstić information content (AvgIpc) is 2.52. The first-order valence-corrected chi connectivity index (χ1v) is 6.88. The molecule has 2 nitrogen and oxygen atoms in total. The lowest BCUT2D eigenvalue weighted by Crippen LogP contribution is -2.07. The first-order chi connectivity index (χ1) is 10.1. The van der Waals surface area contributed by atoms with Gasteiger partial charge < -0.3 is 4.90 Å². The van der Waals surface area contributed by atoms with Gasteiger partial charge in [0, 0.05) is 19.8 Å². The molecule has 2 aromatic rings. The van der Waals surface area contributed by atoms with Gasteiger partial charge in [-0.3, -0.25) is 4.79 Å². The number of allylic oxidation sites excluding steroid dienone is 2. The maximum Gasteiger partial charge on any atom is 0.178 e. The fourth-order valence-electron chi connectivity index (χ4n) is 1.86. The third kappa shape index (κ3) is 4.77. The van der Waals surface area contributed by atoms with Crippen molar-refractivity contribution in [3.8, 4) is 0 Å². The van der Waals surface area contributed by atoms with Gasteiger partial charge in [-0.25, -0.2) is 0 Å². The van der Waals surface area contributed by atoms with Crippen LogP contribution < -0.4 is 4.90 Å². The number of benzene rings is 2. The molecule has 0 aliphatic heterocycles. The van der Waals surface area contributed by atoms with Gasteiger partial charge in [-0.1, -0.05) is 54.6 Å². The zero-order valence-electron chi connectivity index (χ0n) is 12.4. The number of hydrogen-bond acceptors (Lipinski definition) is 2. The van der Waals surface area contributed by atoms with Gasteiger partial charge in [0.1, 0.15) is 0 Å². The van der Waals surface area contributed by atoms with Crippen LogP contribution in [-0.2, 0) is 4.79 Å². The van der Waals surface area contributed by atoms with E-state index in [1.807, 2.05) is 85.7 Å². The summed E-state index contributed by atoms with van der Waals surface area (Å²) in [5.74, 6) is -0.0180. The number of rotatable bonds is 5. The number of carbonyl (C=O) groups is 1. The van der Waals surface area contributed by atoms with E-state index >= 15 is 0 Å². The molecule has 0 saturated carbocycles. The van der Waals surface area contributed by atoms with Crippen LogP contribution in [0.2, 0.25) is 0 Å². The lowest BCUT2D eigenvalue weighted by atomic mass is 10.1. The molecule has 2 rings (SSSR count). The molecule has 0 amide bonds. The molecule has 2 heteroatoms. The molecule has 106 valence electrons. The number of ketones is 1. The van der Waals surface area contributed by atoms with Crippen LogP contribution in [0.25, 0.3) is 12.2 Å². The van der Waals surface area contributed by atoms with E-state index in [0.717, 1.165) is 16.8 Å². The Labute approximate surface area is 126 Å². The SMILES string of the molecule is CN(C)c1ccc(/C=C/C(=O)/C=C/c2ccccc2)cc1. The molecule has 0 heterocycles. The monoisotopic (exact) mass is 277 g/mol. The smallest absolute Gasteiger partial charge is 0.178 e. The highest BCUT2D eigenvalue weighted by molar-refractivity contribution is 6.04. The van der Waals surface area contributed by atoms with Gasteiger partial charge in [0.2, 0.25) is 0 Å². The summed E-state index contributed by atoms with van der Waals surface area (Å²) >= 11 is 0. The van der Waals surface area contributed by atoms with Crippen LogP contribution in [0.15, 0.2) is 66.7 Å². The molecule has 0 aromatic heterocycles. The predicted octanol–water partition coefficient (Wildman–Crippen LogP) is 4.05. The summed E-state index contributed by atoms with van der Waals surface area (Å²) < 4.78 is 0. The van der Waals surface area contributed by atoms with Crippen molar-refractivity contribution in [3.63, 3.8) is 0 Å². The van der Waals surface area contributed by atoms with E-state index in [1.165, 1.54) is 0 Å². The third-order valence-corrected chi connectivity index (χ3v) is 3.09. The van der Waals surface area contributed by atoms with Crippen molar-refractivity contribution in [2.45, 2.75) is 0 Å². The normalized spacial score (nSPS) is 11.1. The van der Waals surface area contributed by atoms with Gasteiger partial charge >= 0.3 is 0 Å². The lowest BCUT2D eigenvalue weighted by molar-refractivity contribution is -0.110. The second kappa shape index (κ2) is 7.25. The van der Waals surface area contributed by atoms with Crippen LogP contribution >= 0.6 is 0 Å². The van der Waals surface area contributed by atoms with E-state index in [4.69, 9.17) is 0 Å². The van der Waals surface area contributed by atoms with E-state index in [0.29, 0.717) is 0 Å². The van der Waals surface area contributed by atoms with E-state index in [2.05, 4.69) is 0 Å². The van der Waals surface area contributed by atoms with Crippen LogP contribution in [0.5, 0.6) is 0 Å². The number of anilines is 1. The molecule has 0 fully saturated rings. The van der Waals surface area contributed by atoms with Gasteiger partial charge in [0.25, 0.3) is 0 Å². The summed E-state index contributed by atoms with van der Waals surface area (Å²) in [6, 6.07) is 17.9. The Morgan fingerprint density at radius 1 is 0.810 bits per heavy atom. The van der Waals surface area contributed by atoms with E-state index in [9.17, 15) is 4.79 Å². The second-order valence-electron chi connectivity index (χ2n) is 4.97. The fraction of sp³-hybridized carbons (Fsp3) is 0.105. The zero-order chi connectivity index (χ0) is 15.1. The Morgan fingerprint density at radius 2 is 1.33 bits per heavy atom. The average molecular weight is 277 g/mol. The standard InChI is InChI=1S/C19H19NO/c1-20(2)18-12-8-17(9-13-18)11-15-19(21)14-10-16-6-4-3-5-7-16/h3-15H,1-2H3/b14-10+,15-11+. The minimum absolute atomic E-state index is 0.0180. The van der Waals surface area contributed by atoms with E-state index in [-0.39, 0.29) is 5.78 Å². The highest BCUT2D eigenvalue weighted by Gasteiger charge is 1.94. The Hall–Kier alpha value is -2.61. The summed E-state index contributed by atoms with van der Waals surface area (Å²) in [5.41, 5.74) is 3.18. The summed E-state index contributed by atoms with van der Waals surface area (Å²) in [6.07, 6.45) is 6.82. The van der Waals surface area contributed by atoms with Crippen molar-refractivity contribution in [2.75, 3.05) is 19.0 Å². The van der Waals surface area contributed by atoms with Crippen LogP contribution in [0, 0.1) is 0 Å². The topological polar surface area (TPSA) is 20.3 Å². The van der Waals surface area contributed by atoms with Crippen LogP contribution in [0.3, 0.4) is 0 Å². The highest BCUT2D eigenvalue weighted by Crippen LogP contribution is 2.13. The molecular weight excluding hydrogens is 258 g/mol. The van der Waals surface area contributed by atoms with Crippen molar-refractivity contribution in [1.29, 1.82) is 0 Å². The summed E-state index contributed by atoms with van der Waals surface area (Å²) in [5, 5.41) is 0. The minimum Gasteiger partial charge on any atom is -0.378 e. The Kier molecular flexibility index (Phi) is 5.10. The van der Waals surface area contributed by atoms with Crippen molar-refractivity contribution < 1.29 is 4.79 Å². The van der Waals surface area contributed by atoms with Crippen LogP contribution in [-0.4, -0.2) is 19.9 Å². The number of carbonyl (C=O) groups excluding carboxylic acids is 1. The lowest BCUT2D eigenvalue weighted by Gasteiger charge is -2.11. The summed E-state index contributed by atoms with van der Waals surface area (Å²) in [4.78, 5) is 13.8. The van der Waals surface area contributed by atoms with Gasteiger partial charge in [-0.15, -0.1) is 0 Å². The van der Waals surface area contributed by atoms with Crippen molar-refractivity contribution >= 4 is 23.6 Å². The second-order valence-corrected chi connectivity index (χ2v) is 4.97. The van der Waals surface area contributed by atoms with Gasteiger partial charge in [-0.2, -0.15) is 0 Å². The molecular formula is C19H19NO. The zero-order valence-corrected chi connectivity index (χ0v) is 12.4. The van der Waals surface area contributed by atoms with E-state index in [1.54, 1.807) is 12.2 Å². The van der Waals surface area contributed by atoms with Crippen LogP contribution in [0.4, 0.5) is 5.69 Å². The predicted molar refractivity (Wildman–Crippen MR) is 90.3 cm³/mol. The van der Waals surface area contributed by atoms with Gasteiger partial charge in [0.15, 0.2) is 5.78 Å². The molecule has 0 spiro atoms.